The number of allylic oxidation sites excluding steroid dienone is 2. The van der Waals surface area contributed by atoms with Gasteiger partial charge < -0.3 is 5.32 Å². The monoisotopic (exact) mass is 229 g/mol. The van der Waals surface area contributed by atoms with Gasteiger partial charge in [0.2, 0.25) is 0 Å². The van der Waals surface area contributed by atoms with Crippen LogP contribution >= 0.6 is 0 Å². The summed E-state index contributed by atoms with van der Waals surface area (Å²) in [4.78, 5) is 11.5. The highest BCUT2D eigenvalue weighted by Gasteiger charge is 2.10. The fourth-order valence-corrected chi connectivity index (χ4v) is 1.83. The predicted molar refractivity (Wildman–Crippen MR) is 73.0 cm³/mol. The molecule has 0 fully saturated rings. The first kappa shape index (κ1) is 13.2. The lowest BCUT2D eigenvalue weighted by molar-refractivity contribution is -0.113. The molecular weight excluding hydrogens is 210 g/mol. The quantitative estimate of drug-likeness (QED) is 0.627. The molecule has 2 heteroatoms. The highest BCUT2D eigenvalue weighted by molar-refractivity contribution is 5.99. The summed E-state index contributed by atoms with van der Waals surface area (Å²) in [5.41, 5.74) is 4.43. The third kappa shape index (κ3) is 3.59. The highest BCUT2D eigenvalue weighted by Crippen LogP contribution is 2.18. The lowest BCUT2D eigenvalue weighted by Gasteiger charge is -2.13. The standard InChI is InChI=1S/C15H19NO/c1-10(2)15(13(5)17)12(4)16-14-8-6-7-11(3)9-14/h6-9,16H,4H2,1-3,5H3. The van der Waals surface area contributed by atoms with E-state index in [2.05, 4.69) is 11.9 Å². The topological polar surface area (TPSA) is 29.1 Å². The average molecular weight is 229 g/mol. The van der Waals surface area contributed by atoms with Crippen LogP contribution in [0.2, 0.25) is 0 Å². The summed E-state index contributed by atoms with van der Waals surface area (Å²) in [6.45, 7) is 11.4. The molecule has 0 radical (unpaired) electrons. The third-order valence-corrected chi connectivity index (χ3v) is 2.47. The Morgan fingerprint density at radius 1 is 1.24 bits per heavy atom. The maximum atomic E-state index is 11.5. The third-order valence-electron chi connectivity index (χ3n) is 2.47. The zero-order chi connectivity index (χ0) is 13.0. The van der Waals surface area contributed by atoms with E-state index in [1.807, 2.05) is 45.0 Å². The van der Waals surface area contributed by atoms with E-state index in [0.29, 0.717) is 11.3 Å². The average Bonchev–Trinajstić information content (AvgIpc) is 2.15. The highest BCUT2D eigenvalue weighted by atomic mass is 16.1. The van der Waals surface area contributed by atoms with E-state index in [1.165, 1.54) is 5.56 Å². The van der Waals surface area contributed by atoms with E-state index in [1.54, 1.807) is 6.92 Å². The normalized spacial score (nSPS) is 9.65. The van der Waals surface area contributed by atoms with Gasteiger partial charge >= 0.3 is 0 Å². The zero-order valence-corrected chi connectivity index (χ0v) is 10.9. The fraction of sp³-hybridized carbons (Fsp3) is 0.267. The smallest absolute Gasteiger partial charge is 0.161 e. The number of carbonyl (C=O) groups excluding carboxylic acids is 1. The number of benzene rings is 1. The van der Waals surface area contributed by atoms with Crippen molar-refractivity contribution in [1.82, 2.24) is 0 Å². The van der Waals surface area contributed by atoms with Crippen LogP contribution in [-0.2, 0) is 4.79 Å². The molecule has 0 spiro atoms. The van der Waals surface area contributed by atoms with Gasteiger partial charge in [0, 0.05) is 17.0 Å². The molecule has 90 valence electrons. The summed E-state index contributed by atoms with van der Waals surface area (Å²) in [6, 6.07) is 7.98. The van der Waals surface area contributed by atoms with Crippen LogP contribution in [0.5, 0.6) is 0 Å². The molecule has 17 heavy (non-hydrogen) atoms. The van der Waals surface area contributed by atoms with Gasteiger partial charge in [-0.2, -0.15) is 0 Å². The van der Waals surface area contributed by atoms with Gasteiger partial charge in [0.1, 0.15) is 0 Å². The van der Waals surface area contributed by atoms with Crippen LogP contribution in [0.15, 0.2) is 47.7 Å². The first-order valence-electron chi connectivity index (χ1n) is 5.63. The van der Waals surface area contributed by atoms with Crippen LogP contribution in [0.25, 0.3) is 0 Å². The second-order valence-electron chi connectivity index (χ2n) is 4.40. The van der Waals surface area contributed by atoms with Crippen LogP contribution in [0.1, 0.15) is 26.3 Å². The summed E-state index contributed by atoms with van der Waals surface area (Å²) < 4.78 is 0. The predicted octanol–water partition coefficient (Wildman–Crippen LogP) is 3.85. The number of carbonyl (C=O) groups is 1. The minimum Gasteiger partial charge on any atom is -0.355 e. The number of hydrogen-bond acceptors (Lipinski definition) is 2. The number of rotatable bonds is 4. The van der Waals surface area contributed by atoms with Gasteiger partial charge in [-0.3, -0.25) is 4.79 Å². The molecule has 1 N–H and O–H groups in total. The van der Waals surface area contributed by atoms with Gasteiger partial charge in [0.15, 0.2) is 5.78 Å². The van der Waals surface area contributed by atoms with Crippen LogP contribution in [0.4, 0.5) is 5.69 Å². The number of nitrogens with one attached hydrogen (secondary N) is 1. The van der Waals surface area contributed by atoms with E-state index < -0.39 is 0 Å². The number of hydrogen-bond donors (Lipinski definition) is 1. The van der Waals surface area contributed by atoms with Crippen molar-refractivity contribution in [2.24, 2.45) is 0 Å². The lowest BCUT2D eigenvalue weighted by atomic mass is 10.0. The summed E-state index contributed by atoms with van der Waals surface area (Å²) in [7, 11) is 0. The molecule has 0 aliphatic carbocycles. The summed E-state index contributed by atoms with van der Waals surface area (Å²) >= 11 is 0. The van der Waals surface area contributed by atoms with Gasteiger partial charge in [-0.05, 0) is 45.4 Å². The minimum atomic E-state index is 0.0372. The summed E-state index contributed by atoms with van der Waals surface area (Å²) in [6.07, 6.45) is 0. The van der Waals surface area contributed by atoms with Gasteiger partial charge in [-0.25, -0.2) is 0 Å². The van der Waals surface area contributed by atoms with Crippen LogP contribution < -0.4 is 5.32 Å². The number of ketones is 1. The SMILES string of the molecule is C=C(Nc1cccc(C)c1)C(C(C)=O)=C(C)C. The molecule has 1 aromatic rings. The largest absolute Gasteiger partial charge is 0.355 e. The summed E-state index contributed by atoms with van der Waals surface area (Å²) in [5, 5.41) is 3.17. The van der Waals surface area contributed by atoms with E-state index in [4.69, 9.17) is 0 Å². The molecule has 0 saturated carbocycles. The lowest BCUT2D eigenvalue weighted by Crippen LogP contribution is -2.09. The van der Waals surface area contributed by atoms with Crippen molar-refractivity contribution in [1.29, 1.82) is 0 Å². The second-order valence-corrected chi connectivity index (χ2v) is 4.40. The van der Waals surface area contributed by atoms with Crippen molar-refractivity contribution in [3.63, 3.8) is 0 Å². The fourth-order valence-electron chi connectivity index (χ4n) is 1.83. The molecular formula is C15H19NO. The zero-order valence-electron chi connectivity index (χ0n) is 10.9. The van der Waals surface area contributed by atoms with E-state index in [-0.39, 0.29) is 5.78 Å². The maximum Gasteiger partial charge on any atom is 0.161 e. The Kier molecular flexibility index (Phi) is 4.27. The number of anilines is 1. The Bertz CT molecular complexity index is 479. The Morgan fingerprint density at radius 3 is 2.35 bits per heavy atom. The molecule has 0 unspecified atom stereocenters. The summed E-state index contributed by atoms with van der Waals surface area (Å²) in [5.74, 6) is 0.0372. The van der Waals surface area contributed by atoms with Crippen molar-refractivity contribution in [3.05, 3.63) is 53.3 Å². The Labute approximate surface area is 103 Å². The Morgan fingerprint density at radius 2 is 1.88 bits per heavy atom. The molecule has 0 amide bonds. The number of aryl methyl sites for hydroxylation is 1. The first-order valence-corrected chi connectivity index (χ1v) is 5.63. The molecule has 0 aliphatic heterocycles. The maximum absolute atomic E-state index is 11.5. The van der Waals surface area contributed by atoms with Gasteiger partial charge in [0.05, 0.1) is 0 Å². The van der Waals surface area contributed by atoms with Crippen LogP contribution in [-0.4, -0.2) is 5.78 Å². The molecule has 0 saturated heterocycles. The Balaban J connectivity index is 2.93. The van der Waals surface area contributed by atoms with Crippen molar-refractivity contribution >= 4 is 11.5 Å². The van der Waals surface area contributed by atoms with Crippen molar-refractivity contribution in [2.75, 3.05) is 5.32 Å². The Hall–Kier alpha value is -1.83. The van der Waals surface area contributed by atoms with Crippen molar-refractivity contribution in [3.8, 4) is 0 Å². The molecule has 1 rings (SSSR count). The molecule has 0 atom stereocenters. The van der Waals surface area contributed by atoms with Crippen molar-refractivity contribution in [2.45, 2.75) is 27.7 Å². The van der Waals surface area contributed by atoms with Gasteiger partial charge in [-0.1, -0.05) is 24.3 Å². The first-order chi connectivity index (χ1) is 7.91. The second kappa shape index (κ2) is 5.48. The minimum absolute atomic E-state index is 0.0372. The van der Waals surface area contributed by atoms with Gasteiger partial charge in [-0.15, -0.1) is 0 Å². The van der Waals surface area contributed by atoms with E-state index >= 15 is 0 Å². The number of Topliss-reactive ketones (excluding diaryl/α,β-unsaturated/α-hetero) is 1. The molecule has 0 aromatic heterocycles. The van der Waals surface area contributed by atoms with Crippen molar-refractivity contribution < 1.29 is 4.79 Å². The molecule has 0 heterocycles. The molecule has 0 aliphatic rings. The van der Waals surface area contributed by atoms with E-state index in [0.717, 1.165) is 11.3 Å². The van der Waals surface area contributed by atoms with Crippen LogP contribution in [0.3, 0.4) is 0 Å². The molecule has 2 nitrogen and oxygen atoms in total. The van der Waals surface area contributed by atoms with Crippen LogP contribution in [0, 0.1) is 6.92 Å². The molecule has 1 aromatic carbocycles. The molecule has 0 bridgehead atoms. The van der Waals surface area contributed by atoms with Gasteiger partial charge in [0.25, 0.3) is 0 Å². The van der Waals surface area contributed by atoms with E-state index in [9.17, 15) is 4.79 Å².